The number of hydrogen-bond donors (Lipinski definition) is 0. The van der Waals surface area contributed by atoms with E-state index in [4.69, 9.17) is 0 Å². The fourth-order valence-electron chi connectivity index (χ4n) is 4.77. The lowest BCUT2D eigenvalue weighted by Gasteiger charge is -2.37. The smallest absolute Gasteiger partial charge is 0.445 e. The molecule has 1 aliphatic rings. The minimum absolute atomic E-state index is 0.219. The van der Waals surface area contributed by atoms with Gasteiger partial charge in [-0.15, -0.1) is 5.10 Å². The molecule has 12 nitrogen and oxygen atoms in total. The highest BCUT2D eigenvalue weighted by Crippen LogP contribution is 2.32. The summed E-state index contributed by atoms with van der Waals surface area (Å²) in [5, 5.41) is 22.1. The summed E-state index contributed by atoms with van der Waals surface area (Å²) in [6.07, 6.45) is 0.0214. The number of nitriles is 1. The standard InChI is InChI=1S/C27H26F3N9O3/c1-16(2)24(42-26(41)27(28,29)30)25(40)38-8-6-37(7-9-38)22-5-4-17(12-32-22)20-10-18(21-15-36(3)35-34-21)14-39-23(20)19(11-31)13-33-39/h4-5,10,12-16,24H,6-9H2,1-3H3/t24-/m1/s1. The zero-order valence-electron chi connectivity index (χ0n) is 22.9. The highest BCUT2D eigenvalue weighted by molar-refractivity contribution is 5.87. The summed E-state index contributed by atoms with van der Waals surface area (Å²) in [5.74, 6) is -3.03. The van der Waals surface area contributed by atoms with Crippen molar-refractivity contribution in [1.29, 1.82) is 5.26 Å². The van der Waals surface area contributed by atoms with Crippen LogP contribution in [0.2, 0.25) is 0 Å². The van der Waals surface area contributed by atoms with E-state index in [9.17, 15) is 28.0 Å². The molecular formula is C27H26F3N9O3. The Morgan fingerprint density at radius 1 is 1.07 bits per heavy atom. The van der Waals surface area contributed by atoms with Crippen LogP contribution >= 0.6 is 0 Å². The van der Waals surface area contributed by atoms with Gasteiger partial charge in [0.1, 0.15) is 17.6 Å². The third-order valence-corrected chi connectivity index (χ3v) is 6.92. The van der Waals surface area contributed by atoms with Crippen LogP contribution in [0.3, 0.4) is 0 Å². The molecule has 15 heteroatoms. The van der Waals surface area contributed by atoms with Gasteiger partial charge in [-0.2, -0.15) is 23.5 Å². The van der Waals surface area contributed by atoms with Crippen LogP contribution in [0, 0.1) is 17.2 Å². The van der Waals surface area contributed by atoms with Crippen molar-refractivity contribution in [3.05, 3.63) is 48.5 Å². The second-order valence-corrected chi connectivity index (χ2v) is 10.2. The van der Waals surface area contributed by atoms with E-state index in [1.54, 1.807) is 34.8 Å². The number of aryl methyl sites for hydroxylation is 1. The topological polar surface area (TPSA) is 135 Å². The summed E-state index contributed by atoms with van der Waals surface area (Å²) in [6, 6.07) is 7.77. The number of carbonyl (C=O) groups excluding carboxylic acids is 2. The second-order valence-electron chi connectivity index (χ2n) is 10.2. The Bertz CT molecular complexity index is 1660. The lowest BCUT2D eigenvalue weighted by atomic mass is 10.0. The summed E-state index contributed by atoms with van der Waals surface area (Å²) in [5.41, 5.74) is 3.89. The van der Waals surface area contributed by atoms with E-state index >= 15 is 0 Å². The Labute approximate surface area is 237 Å². The molecule has 0 radical (unpaired) electrons. The Morgan fingerprint density at radius 3 is 2.38 bits per heavy atom. The Kier molecular flexibility index (Phi) is 7.55. The molecule has 1 aliphatic heterocycles. The van der Waals surface area contributed by atoms with Crippen LogP contribution in [0.4, 0.5) is 19.0 Å². The lowest BCUT2D eigenvalue weighted by Crippen LogP contribution is -2.53. The van der Waals surface area contributed by atoms with Gasteiger partial charge in [-0.3, -0.25) is 9.48 Å². The minimum Gasteiger partial charge on any atom is -0.445 e. The van der Waals surface area contributed by atoms with E-state index in [1.165, 1.54) is 24.9 Å². The van der Waals surface area contributed by atoms with Crippen LogP contribution in [0.15, 0.2) is 43.0 Å². The van der Waals surface area contributed by atoms with Gasteiger partial charge < -0.3 is 14.5 Å². The molecule has 5 heterocycles. The molecule has 5 rings (SSSR count). The van der Waals surface area contributed by atoms with Gasteiger partial charge in [0.2, 0.25) is 0 Å². The Balaban J connectivity index is 1.33. The van der Waals surface area contributed by atoms with Crippen LogP contribution in [0.5, 0.6) is 0 Å². The molecule has 1 amide bonds. The number of hydrogen-bond acceptors (Lipinski definition) is 9. The summed E-state index contributed by atoms with van der Waals surface area (Å²) >= 11 is 0. The average Bonchev–Trinajstić information content (AvgIpc) is 3.60. The largest absolute Gasteiger partial charge is 0.490 e. The van der Waals surface area contributed by atoms with Gasteiger partial charge in [0, 0.05) is 62.3 Å². The fourth-order valence-corrected chi connectivity index (χ4v) is 4.77. The number of nitrogens with zero attached hydrogens (tertiary/aromatic N) is 9. The molecule has 1 saturated heterocycles. The number of pyridine rings is 2. The first-order valence-corrected chi connectivity index (χ1v) is 13.0. The number of esters is 1. The minimum atomic E-state index is -5.18. The first-order valence-electron chi connectivity index (χ1n) is 13.0. The maximum Gasteiger partial charge on any atom is 0.490 e. The number of carbonyl (C=O) groups is 2. The molecule has 1 fully saturated rings. The molecule has 1 atom stereocenters. The second kappa shape index (κ2) is 11.1. The first kappa shape index (κ1) is 28.5. The molecule has 0 spiro atoms. The number of anilines is 1. The molecule has 218 valence electrons. The SMILES string of the molecule is CC(C)[C@@H](OC(=O)C(F)(F)F)C(=O)N1CCN(c2ccc(-c3cc(-c4cn(C)nn4)cn4ncc(C#N)c34)cn2)CC1. The van der Waals surface area contributed by atoms with Crippen LogP contribution in [-0.4, -0.2) is 84.8 Å². The summed E-state index contributed by atoms with van der Waals surface area (Å²) in [7, 11) is 1.77. The van der Waals surface area contributed by atoms with Crippen molar-refractivity contribution in [2.45, 2.75) is 26.1 Å². The molecule has 0 aromatic carbocycles. The summed E-state index contributed by atoms with van der Waals surface area (Å²) < 4.78 is 45.9. The molecule has 0 N–H and O–H groups in total. The Morgan fingerprint density at radius 2 is 1.81 bits per heavy atom. The summed E-state index contributed by atoms with van der Waals surface area (Å²) in [4.78, 5) is 32.2. The fraction of sp³-hybridized carbons (Fsp3) is 0.370. The van der Waals surface area contributed by atoms with E-state index in [2.05, 4.69) is 31.2 Å². The number of piperazine rings is 1. The van der Waals surface area contributed by atoms with E-state index in [0.29, 0.717) is 35.7 Å². The molecule has 42 heavy (non-hydrogen) atoms. The number of amides is 1. The molecule has 0 saturated carbocycles. The third kappa shape index (κ3) is 5.60. The zero-order chi connectivity index (χ0) is 30.2. The maximum absolute atomic E-state index is 12.9. The normalized spacial score (nSPS) is 14.7. The van der Waals surface area contributed by atoms with E-state index in [-0.39, 0.29) is 13.1 Å². The van der Waals surface area contributed by atoms with Crippen LogP contribution in [0.25, 0.3) is 27.9 Å². The highest BCUT2D eigenvalue weighted by Gasteiger charge is 2.44. The highest BCUT2D eigenvalue weighted by atomic mass is 19.4. The van der Waals surface area contributed by atoms with Gasteiger partial charge in [-0.05, 0) is 24.1 Å². The average molecular weight is 582 g/mol. The van der Waals surface area contributed by atoms with Crippen molar-refractivity contribution < 1.29 is 27.5 Å². The van der Waals surface area contributed by atoms with Crippen LogP contribution < -0.4 is 4.90 Å². The molecule has 4 aromatic rings. The van der Waals surface area contributed by atoms with E-state index in [0.717, 1.165) is 16.7 Å². The van der Waals surface area contributed by atoms with Crippen LogP contribution in [0.1, 0.15) is 19.4 Å². The van der Waals surface area contributed by atoms with Gasteiger partial charge in [0.05, 0.1) is 23.5 Å². The van der Waals surface area contributed by atoms with Crippen molar-refractivity contribution in [2.24, 2.45) is 13.0 Å². The number of rotatable bonds is 6. The van der Waals surface area contributed by atoms with Crippen molar-refractivity contribution in [2.75, 3.05) is 31.1 Å². The number of halogens is 3. The monoisotopic (exact) mass is 581 g/mol. The van der Waals surface area contributed by atoms with Crippen molar-refractivity contribution in [3.63, 3.8) is 0 Å². The van der Waals surface area contributed by atoms with E-state index < -0.39 is 30.1 Å². The Hall–Kier alpha value is -5.00. The predicted octanol–water partition coefficient (Wildman–Crippen LogP) is 2.84. The zero-order valence-corrected chi connectivity index (χ0v) is 22.9. The first-order chi connectivity index (χ1) is 20.0. The van der Waals surface area contributed by atoms with Gasteiger partial charge in [-0.1, -0.05) is 19.1 Å². The number of fused-ring (bicyclic) bond motifs is 1. The lowest BCUT2D eigenvalue weighted by molar-refractivity contribution is -0.208. The molecule has 0 aliphatic carbocycles. The van der Waals surface area contributed by atoms with Crippen molar-refractivity contribution in [1.82, 2.24) is 34.5 Å². The van der Waals surface area contributed by atoms with Gasteiger partial charge in [-0.25, -0.2) is 14.3 Å². The number of ether oxygens (including phenoxy) is 1. The third-order valence-electron chi connectivity index (χ3n) is 6.92. The number of alkyl halides is 3. The van der Waals surface area contributed by atoms with Crippen molar-refractivity contribution >= 4 is 23.2 Å². The van der Waals surface area contributed by atoms with Crippen LogP contribution in [-0.2, 0) is 21.4 Å². The molecule has 0 bridgehead atoms. The van der Waals surface area contributed by atoms with E-state index in [1.807, 2.05) is 23.1 Å². The van der Waals surface area contributed by atoms with Crippen molar-refractivity contribution in [3.8, 4) is 28.5 Å². The summed E-state index contributed by atoms with van der Waals surface area (Å²) in [6.45, 7) is 4.24. The maximum atomic E-state index is 12.9. The quantitative estimate of drug-likeness (QED) is 0.315. The van der Waals surface area contributed by atoms with Gasteiger partial charge in [0.15, 0.2) is 6.10 Å². The van der Waals surface area contributed by atoms with Gasteiger partial charge in [0.25, 0.3) is 5.91 Å². The molecule has 0 unspecified atom stereocenters. The predicted molar refractivity (Wildman–Crippen MR) is 143 cm³/mol. The number of aromatic nitrogens is 6. The molecular weight excluding hydrogens is 555 g/mol. The van der Waals surface area contributed by atoms with Gasteiger partial charge >= 0.3 is 12.1 Å². The molecule has 4 aromatic heterocycles.